The molecule has 4 heteroatoms. The summed E-state index contributed by atoms with van der Waals surface area (Å²) in [5, 5.41) is 9.30. The Hall–Kier alpha value is -1.39. The number of rotatable bonds is 2. The van der Waals surface area contributed by atoms with E-state index in [1.807, 2.05) is 0 Å². The molecule has 0 amide bonds. The number of aliphatic hydroxyl groups excluding tert-OH is 1. The largest absolute Gasteiger partial charge is 0.465 e. The van der Waals surface area contributed by atoms with E-state index in [0.717, 1.165) is 5.56 Å². The predicted octanol–water partition coefficient (Wildman–Crippen LogP) is 0.731. The molecule has 0 aliphatic heterocycles. The zero-order valence-electron chi connectivity index (χ0n) is 8.15. The fourth-order valence-electron chi connectivity index (χ4n) is 1.36. The second-order valence-corrected chi connectivity index (χ2v) is 2.97. The minimum absolute atomic E-state index is 0.308. The Labute approximate surface area is 82.3 Å². The minimum atomic E-state index is -1.16. The number of benzene rings is 1. The highest BCUT2D eigenvalue weighted by atomic mass is 16.5. The quantitative estimate of drug-likeness (QED) is 0.539. The van der Waals surface area contributed by atoms with Crippen LogP contribution in [0.1, 0.15) is 27.7 Å². The molecule has 0 saturated carbocycles. The van der Waals surface area contributed by atoms with E-state index in [4.69, 9.17) is 5.73 Å². The Balaban J connectivity index is 3.28. The molecule has 76 valence electrons. The molecule has 0 radical (unpaired) electrons. The molecule has 0 saturated heterocycles. The molecule has 3 N–H and O–H groups in total. The van der Waals surface area contributed by atoms with Crippen LogP contribution in [-0.4, -0.2) is 18.2 Å². The SMILES string of the molecule is COC(=O)c1cccc(C)c1C(N)O. The van der Waals surface area contributed by atoms with E-state index in [1.54, 1.807) is 25.1 Å². The van der Waals surface area contributed by atoms with E-state index in [2.05, 4.69) is 4.74 Å². The normalized spacial score (nSPS) is 12.3. The molecule has 0 bridgehead atoms. The molecule has 1 atom stereocenters. The maximum atomic E-state index is 11.3. The zero-order chi connectivity index (χ0) is 10.7. The minimum Gasteiger partial charge on any atom is -0.465 e. The molecule has 1 aromatic carbocycles. The van der Waals surface area contributed by atoms with Crippen molar-refractivity contribution in [2.75, 3.05) is 7.11 Å². The molecule has 14 heavy (non-hydrogen) atoms. The smallest absolute Gasteiger partial charge is 0.338 e. The Morgan fingerprint density at radius 1 is 1.57 bits per heavy atom. The third-order valence-corrected chi connectivity index (χ3v) is 2.03. The van der Waals surface area contributed by atoms with Crippen LogP contribution in [0, 0.1) is 6.92 Å². The van der Waals surface area contributed by atoms with Gasteiger partial charge >= 0.3 is 5.97 Å². The number of aryl methyl sites for hydroxylation is 1. The van der Waals surface area contributed by atoms with Gasteiger partial charge in [-0.3, -0.25) is 0 Å². The summed E-state index contributed by atoms with van der Waals surface area (Å²) in [7, 11) is 1.29. The van der Waals surface area contributed by atoms with Crippen molar-refractivity contribution in [3.8, 4) is 0 Å². The van der Waals surface area contributed by atoms with E-state index in [9.17, 15) is 9.90 Å². The number of ether oxygens (including phenoxy) is 1. The Kier molecular flexibility index (Phi) is 3.22. The summed E-state index contributed by atoms with van der Waals surface area (Å²) in [5.74, 6) is -0.492. The average molecular weight is 195 g/mol. The summed E-state index contributed by atoms with van der Waals surface area (Å²) < 4.78 is 4.58. The second kappa shape index (κ2) is 4.21. The van der Waals surface area contributed by atoms with Crippen molar-refractivity contribution in [3.63, 3.8) is 0 Å². The van der Waals surface area contributed by atoms with E-state index >= 15 is 0 Å². The van der Waals surface area contributed by atoms with Crippen LogP contribution in [0.15, 0.2) is 18.2 Å². The number of carbonyl (C=O) groups excluding carboxylic acids is 1. The summed E-state index contributed by atoms with van der Waals surface area (Å²) in [4.78, 5) is 11.3. The van der Waals surface area contributed by atoms with Crippen LogP contribution in [0.4, 0.5) is 0 Å². The Morgan fingerprint density at radius 2 is 2.21 bits per heavy atom. The van der Waals surface area contributed by atoms with Gasteiger partial charge in [0.05, 0.1) is 12.7 Å². The van der Waals surface area contributed by atoms with Crippen molar-refractivity contribution >= 4 is 5.97 Å². The highest BCUT2D eigenvalue weighted by Gasteiger charge is 2.16. The van der Waals surface area contributed by atoms with Crippen LogP contribution in [-0.2, 0) is 4.74 Å². The van der Waals surface area contributed by atoms with Crippen molar-refractivity contribution < 1.29 is 14.6 Å². The number of hydrogen-bond donors (Lipinski definition) is 2. The van der Waals surface area contributed by atoms with Gasteiger partial charge in [-0.25, -0.2) is 4.79 Å². The standard InChI is InChI=1S/C10H13NO3/c1-6-4-3-5-7(10(13)14-2)8(6)9(11)12/h3-5,9,12H,11H2,1-2H3. The van der Waals surface area contributed by atoms with Crippen molar-refractivity contribution in [2.45, 2.75) is 13.2 Å². The first-order valence-corrected chi connectivity index (χ1v) is 4.19. The summed E-state index contributed by atoms with van der Waals surface area (Å²) in [6.45, 7) is 1.78. The Bertz CT molecular complexity index is 347. The van der Waals surface area contributed by atoms with E-state index in [0.29, 0.717) is 11.1 Å². The fraction of sp³-hybridized carbons (Fsp3) is 0.300. The van der Waals surface area contributed by atoms with Gasteiger partial charge in [-0.1, -0.05) is 12.1 Å². The number of nitrogens with two attached hydrogens (primary N) is 1. The van der Waals surface area contributed by atoms with E-state index < -0.39 is 12.2 Å². The first-order chi connectivity index (χ1) is 6.57. The third-order valence-electron chi connectivity index (χ3n) is 2.03. The van der Waals surface area contributed by atoms with Crippen LogP contribution in [0.2, 0.25) is 0 Å². The average Bonchev–Trinajstić information content (AvgIpc) is 2.15. The summed E-state index contributed by atoms with van der Waals surface area (Å²) in [5.41, 5.74) is 6.85. The molecule has 1 unspecified atom stereocenters. The van der Waals surface area contributed by atoms with E-state index in [-0.39, 0.29) is 0 Å². The second-order valence-electron chi connectivity index (χ2n) is 2.97. The lowest BCUT2D eigenvalue weighted by molar-refractivity contribution is 0.0593. The summed E-state index contributed by atoms with van der Waals surface area (Å²) in [6, 6.07) is 5.07. The molecular formula is C10H13NO3. The highest BCUT2D eigenvalue weighted by Crippen LogP contribution is 2.19. The number of aliphatic hydroxyl groups is 1. The molecule has 0 aliphatic carbocycles. The molecule has 1 aromatic rings. The van der Waals surface area contributed by atoms with Crippen molar-refractivity contribution in [1.82, 2.24) is 0 Å². The summed E-state index contributed by atoms with van der Waals surface area (Å²) in [6.07, 6.45) is -1.16. The van der Waals surface area contributed by atoms with Crippen LogP contribution in [0.5, 0.6) is 0 Å². The molecule has 4 nitrogen and oxygen atoms in total. The molecule has 0 aliphatic rings. The Morgan fingerprint density at radius 3 is 2.71 bits per heavy atom. The monoisotopic (exact) mass is 195 g/mol. The first-order valence-electron chi connectivity index (χ1n) is 4.19. The topological polar surface area (TPSA) is 72.5 Å². The molecule has 0 spiro atoms. The van der Waals surface area contributed by atoms with Crippen molar-refractivity contribution in [1.29, 1.82) is 0 Å². The van der Waals surface area contributed by atoms with Gasteiger partial charge in [-0.2, -0.15) is 0 Å². The maximum absolute atomic E-state index is 11.3. The molecule has 0 aromatic heterocycles. The first kappa shape index (κ1) is 10.7. The maximum Gasteiger partial charge on any atom is 0.338 e. The van der Waals surface area contributed by atoms with Crippen LogP contribution in [0.25, 0.3) is 0 Å². The third kappa shape index (κ3) is 1.92. The van der Waals surface area contributed by atoms with E-state index in [1.165, 1.54) is 7.11 Å². The van der Waals surface area contributed by atoms with Crippen LogP contribution >= 0.6 is 0 Å². The van der Waals surface area contributed by atoms with Gasteiger partial charge in [-0.05, 0) is 18.6 Å². The van der Waals surface area contributed by atoms with Gasteiger partial charge in [0, 0.05) is 5.56 Å². The summed E-state index contributed by atoms with van der Waals surface area (Å²) >= 11 is 0. The predicted molar refractivity (Wildman–Crippen MR) is 51.7 cm³/mol. The number of carbonyl (C=O) groups is 1. The zero-order valence-corrected chi connectivity index (χ0v) is 8.15. The van der Waals surface area contributed by atoms with Crippen LogP contribution in [0.3, 0.4) is 0 Å². The number of hydrogen-bond acceptors (Lipinski definition) is 4. The van der Waals surface area contributed by atoms with Gasteiger partial charge in [0.2, 0.25) is 0 Å². The highest BCUT2D eigenvalue weighted by molar-refractivity contribution is 5.91. The lowest BCUT2D eigenvalue weighted by Gasteiger charge is -2.12. The fourth-order valence-corrected chi connectivity index (χ4v) is 1.36. The lowest BCUT2D eigenvalue weighted by Crippen LogP contribution is -2.16. The van der Waals surface area contributed by atoms with Gasteiger partial charge in [-0.15, -0.1) is 0 Å². The van der Waals surface area contributed by atoms with Gasteiger partial charge in [0.1, 0.15) is 6.23 Å². The molecule has 0 fully saturated rings. The van der Waals surface area contributed by atoms with Crippen molar-refractivity contribution in [3.05, 3.63) is 34.9 Å². The van der Waals surface area contributed by atoms with Crippen molar-refractivity contribution in [2.24, 2.45) is 5.73 Å². The van der Waals surface area contributed by atoms with Gasteiger partial charge in [0.25, 0.3) is 0 Å². The molecular weight excluding hydrogens is 182 g/mol. The van der Waals surface area contributed by atoms with Crippen LogP contribution < -0.4 is 5.73 Å². The number of methoxy groups -OCH3 is 1. The van der Waals surface area contributed by atoms with Gasteiger partial charge < -0.3 is 15.6 Å². The lowest BCUT2D eigenvalue weighted by atomic mass is 10.0. The number of esters is 1. The molecule has 0 heterocycles. The van der Waals surface area contributed by atoms with Gasteiger partial charge in [0.15, 0.2) is 0 Å². The molecule has 1 rings (SSSR count).